The van der Waals surface area contributed by atoms with Gasteiger partial charge < -0.3 is 9.47 Å². The SMILES string of the molecule is COCc1cccc(Oc2cccc(Br)c2C#N)c1. The summed E-state index contributed by atoms with van der Waals surface area (Å²) in [7, 11) is 1.65. The largest absolute Gasteiger partial charge is 0.456 e. The van der Waals surface area contributed by atoms with Crippen molar-refractivity contribution in [2.24, 2.45) is 0 Å². The molecule has 0 spiro atoms. The Morgan fingerprint density at radius 2 is 2.00 bits per heavy atom. The van der Waals surface area contributed by atoms with Crippen LogP contribution in [0.5, 0.6) is 11.5 Å². The lowest BCUT2D eigenvalue weighted by atomic mass is 10.2. The second kappa shape index (κ2) is 6.37. The predicted molar refractivity (Wildman–Crippen MR) is 76.1 cm³/mol. The molecule has 0 radical (unpaired) electrons. The molecule has 0 aromatic heterocycles. The van der Waals surface area contributed by atoms with Crippen LogP contribution in [-0.4, -0.2) is 7.11 Å². The first-order valence-electron chi connectivity index (χ1n) is 5.69. The maximum Gasteiger partial charge on any atom is 0.146 e. The predicted octanol–water partition coefficient (Wildman–Crippen LogP) is 4.26. The first-order valence-corrected chi connectivity index (χ1v) is 6.48. The van der Waals surface area contributed by atoms with Crippen molar-refractivity contribution < 1.29 is 9.47 Å². The van der Waals surface area contributed by atoms with Crippen LogP contribution in [-0.2, 0) is 11.3 Å². The zero-order valence-corrected chi connectivity index (χ0v) is 12.0. The van der Waals surface area contributed by atoms with Crippen molar-refractivity contribution in [3.63, 3.8) is 0 Å². The van der Waals surface area contributed by atoms with Gasteiger partial charge in [-0.25, -0.2) is 0 Å². The topological polar surface area (TPSA) is 42.2 Å². The molecule has 2 aromatic rings. The maximum atomic E-state index is 9.14. The van der Waals surface area contributed by atoms with E-state index in [1.165, 1.54) is 0 Å². The minimum atomic E-state index is 0.486. The molecule has 0 amide bonds. The van der Waals surface area contributed by atoms with E-state index in [0.29, 0.717) is 23.7 Å². The van der Waals surface area contributed by atoms with Gasteiger partial charge >= 0.3 is 0 Å². The van der Waals surface area contributed by atoms with Crippen molar-refractivity contribution in [3.05, 3.63) is 58.1 Å². The number of ether oxygens (including phenoxy) is 2. The molecule has 0 bridgehead atoms. The third-order valence-electron chi connectivity index (χ3n) is 2.52. The van der Waals surface area contributed by atoms with Crippen molar-refractivity contribution in [2.45, 2.75) is 6.61 Å². The van der Waals surface area contributed by atoms with Crippen LogP contribution in [0.3, 0.4) is 0 Å². The lowest BCUT2D eigenvalue weighted by Crippen LogP contribution is -1.91. The van der Waals surface area contributed by atoms with Crippen LogP contribution in [0, 0.1) is 11.3 Å². The van der Waals surface area contributed by atoms with Crippen molar-refractivity contribution in [3.8, 4) is 17.6 Å². The summed E-state index contributed by atoms with van der Waals surface area (Å²) >= 11 is 3.34. The molecule has 0 N–H and O–H groups in total. The van der Waals surface area contributed by atoms with Crippen LogP contribution in [0.4, 0.5) is 0 Å². The van der Waals surface area contributed by atoms with E-state index in [1.807, 2.05) is 36.4 Å². The summed E-state index contributed by atoms with van der Waals surface area (Å²) in [4.78, 5) is 0. The van der Waals surface area contributed by atoms with Gasteiger partial charge in [-0.3, -0.25) is 0 Å². The summed E-state index contributed by atoms with van der Waals surface area (Å²) in [6, 6.07) is 15.1. The molecule has 0 atom stereocenters. The summed E-state index contributed by atoms with van der Waals surface area (Å²) in [5.74, 6) is 1.22. The van der Waals surface area contributed by atoms with Crippen LogP contribution in [0.15, 0.2) is 46.9 Å². The fourth-order valence-electron chi connectivity index (χ4n) is 1.69. The molecular formula is C15H12BrNO2. The Hall–Kier alpha value is -1.83. The van der Waals surface area contributed by atoms with Crippen LogP contribution in [0.2, 0.25) is 0 Å². The summed E-state index contributed by atoms with van der Waals surface area (Å²) in [6.07, 6.45) is 0. The highest BCUT2D eigenvalue weighted by molar-refractivity contribution is 9.10. The standard InChI is InChI=1S/C15H12BrNO2/c1-18-10-11-4-2-5-12(8-11)19-15-7-3-6-14(16)13(15)9-17/h2-8H,10H2,1H3. The first-order chi connectivity index (χ1) is 9.24. The summed E-state index contributed by atoms with van der Waals surface area (Å²) in [5, 5.41) is 9.14. The highest BCUT2D eigenvalue weighted by Crippen LogP contribution is 2.30. The van der Waals surface area contributed by atoms with E-state index in [1.54, 1.807) is 13.2 Å². The molecule has 0 aliphatic heterocycles. The zero-order chi connectivity index (χ0) is 13.7. The van der Waals surface area contributed by atoms with Gasteiger partial charge in [0.2, 0.25) is 0 Å². The second-order valence-corrected chi connectivity index (χ2v) is 4.76. The number of nitrogens with zero attached hydrogens (tertiary/aromatic N) is 1. The van der Waals surface area contributed by atoms with Crippen LogP contribution < -0.4 is 4.74 Å². The minimum Gasteiger partial charge on any atom is -0.456 e. The Morgan fingerprint density at radius 3 is 2.74 bits per heavy atom. The van der Waals surface area contributed by atoms with Gasteiger partial charge in [0.25, 0.3) is 0 Å². The summed E-state index contributed by atoms with van der Waals surface area (Å²) < 4.78 is 11.6. The summed E-state index contributed by atoms with van der Waals surface area (Å²) in [5.41, 5.74) is 1.51. The van der Waals surface area contributed by atoms with E-state index in [0.717, 1.165) is 10.0 Å². The van der Waals surface area contributed by atoms with Crippen LogP contribution >= 0.6 is 15.9 Å². The molecule has 19 heavy (non-hydrogen) atoms. The minimum absolute atomic E-state index is 0.486. The molecular weight excluding hydrogens is 306 g/mol. The molecule has 0 heterocycles. The molecule has 0 aliphatic rings. The summed E-state index contributed by atoms with van der Waals surface area (Å²) in [6.45, 7) is 0.529. The van der Waals surface area contributed by atoms with Crippen molar-refractivity contribution in [2.75, 3.05) is 7.11 Å². The third-order valence-corrected chi connectivity index (χ3v) is 3.19. The highest BCUT2D eigenvalue weighted by Gasteiger charge is 2.08. The Balaban J connectivity index is 2.29. The molecule has 0 fully saturated rings. The normalized spacial score (nSPS) is 9.95. The number of hydrogen-bond donors (Lipinski definition) is 0. The Kier molecular flexibility index (Phi) is 4.56. The Morgan fingerprint density at radius 1 is 1.21 bits per heavy atom. The number of methoxy groups -OCH3 is 1. The molecule has 96 valence electrons. The molecule has 0 saturated carbocycles. The molecule has 2 rings (SSSR count). The molecule has 2 aromatic carbocycles. The van der Waals surface area contributed by atoms with Crippen molar-refractivity contribution in [1.82, 2.24) is 0 Å². The average molecular weight is 318 g/mol. The van der Waals surface area contributed by atoms with Crippen molar-refractivity contribution in [1.29, 1.82) is 5.26 Å². The number of halogens is 1. The Labute approximate surface area is 120 Å². The van der Waals surface area contributed by atoms with Gasteiger partial charge in [-0.1, -0.05) is 18.2 Å². The monoisotopic (exact) mass is 317 g/mol. The molecule has 0 unspecified atom stereocenters. The number of benzene rings is 2. The van der Waals surface area contributed by atoms with E-state index in [4.69, 9.17) is 14.7 Å². The van der Waals surface area contributed by atoms with E-state index >= 15 is 0 Å². The first kappa shape index (κ1) is 13.6. The molecule has 4 heteroatoms. The Bertz CT molecular complexity index is 620. The third kappa shape index (κ3) is 3.34. The van der Waals surface area contributed by atoms with Crippen molar-refractivity contribution >= 4 is 15.9 Å². The van der Waals surface area contributed by atoms with Gasteiger partial charge in [0.1, 0.15) is 23.1 Å². The molecule has 0 saturated heterocycles. The lowest BCUT2D eigenvalue weighted by molar-refractivity contribution is 0.184. The van der Waals surface area contributed by atoms with Crippen LogP contribution in [0.1, 0.15) is 11.1 Å². The van der Waals surface area contributed by atoms with Gasteiger partial charge in [-0.2, -0.15) is 5.26 Å². The van der Waals surface area contributed by atoms with E-state index < -0.39 is 0 Å². The van der Waals surface area contributed by atoms with Gasteiger partial charge in [0.05, 0.1) is 6.61 Å². The van der Waals surface area contributed by atoms with Gasteiger partial charge in [-0.05, 0) is 45.8 Å². The van der Waals surface area contributed by atoms with E-state index in [9.17, 15) is 0 Å². The zero-order valence-electron chi connectivity index (χ0n) is 10.4. The smallest absolute Gasteiger partial charge is 0.146 e. The molecule has 3 nitrogen and oxygen atoms in total. The fourth-order valence-corrected chi connectivity index (χ4v) is 2.13. The molecule has 0 aliphatic carbocycles. The number of hydrogen-bond acceptors (Lipinski definition) is 3. The van der Waals surface area contributed by atoms with E-state index in [-0.39, 0.29) is 0 Å². The van der Waals surface area contributed by atoms with E-state index in [2.05, 4.69) is 22.0 Å². The maximum absolute atomic E-state index is 9.14. The van der Waals surface area contributed by atoms with Gasteiger partial charge in [0, 0.05) is 11.6 Å². The highest BCUT2D eigenvalue weighted by atomic mass is 79.9. The average Bonchev–Trinajstić information content (AvgIpc) is 2.40. The number of rotatable bonds is 4. The van der Waals surface area contributed by atoms with Gasteiger partial charge in [0.15, 0.2) is 0 Å². The lowest BCUT2D eigenvalue weighted by Gasteiger charge is -2.09. The number of nitriles is 1. The van der Waals surface area contributed by atoms with Gasteiger partial charge in [-0.15, -0.1) is 0 Å². The fraction of sp³-hybridized carbons (Fsp3) is 0.133. The van der Waals surface area contributed by atoms with Crippen LogP contribution in [0.25, 0.3) is 0 Å². The quantitative estimate of drug-likeness (QED) is 0.846. The second-order valence-electron chi connectivity index (χ2n) is 3.91.